The van der Waals surface area contributed by atoms with Gasteiger partial charge >= 0.3 is 5.97 Å². The zero-order valence-electron chi connectivity index (χ0n) is 16.8. The zero-order valence-corrected chi connectivity index (χ0v) is 17.6. The smallest absolute Gasteiger partial charge is 0.311 e. The van der Waals surface area contributed by atoms with Crippen LogP contribution >= 0.6 is 11.6 Å². The molecule has 0 saturated carbocycles. The molecule has 3 aromatic rings. The third-order valence-electron chi connectivity index (χ3n) is 5.13. The Morgan fingerprint density at radius 2 is 1.77 bits per heavy atom. The lowest BCUT2D eigenvalue weighted by Gasteiger charge is -2.16. The number of carbonyl (C=O) groups is 2. The molecule has 164 valence electrons. The number of halogens is 4. The molecule has 0 saturated heterocycles. The monoisotopic (exact) mass is 453 g/mol. The van der Waals surface area contributed by atoms with E-state index in [4.69, 9.17) is 11.6 Å². The second kappa shape index (κ2) is 8.26. The van der Waals surface area contributed by atoms with Crippen LogP contribution in [0.4, 0.5) is 13.2 Å². The number of hydrogen-bond acceptors (Lipinski definition) is 3. The van der Waals surface area contributed by atoms with Gasteiger partial charge in [0, 0.05) is 22.7 Å². The standard InChI is InChI=1S/C22H19ClF3NO4/c1-9(2)6-12(22(30)31)17-10(3)27(16-8-15(25)20(28)19(26)18(16)17)21(29)11-4-5-13(23)14(24)7-11/h4-5,7-9,12,28H,6H2,1-3H3,(H,30,31)/t12-/m0/s1. The van der Waals surface area contributed by atoms with Gasteiger partial charge in [0.15, 0.2) is 17.4 Å². The van der Waals surface area contributed by atoms with Crippen molar-refractivity contribution in [2.75, 3.05) is 0 Å². The van der Waals surface area contributed by atoms with Crippen LogP contribution in [0.2, 0.25) is 5.02 Å². The summed E-state index contributed by atoms with van der Waals surface area (Å²) in [5, 5.41) is 19.0. The molecule has 0 radical (unpaired) electrons. The summed E-state index contributed by atoms with van der Waals surface area (Å²) >= 11 is 5.66. The van der Waals surface area contributed by atoms with Crippen LogP contribution in [0.15, 0.2) is 24.3 Å². The van der Waals surface area contributed by atoms with Crippen molar-refractivity contribution in [3.8, 4) is 5.75 Å². The Hall–Kier alpha value is -3.00. The van der Waals surface area contributed by atoms with Crippen LogP contribution in [0, 0.1) is 30.3 Å². The van der Waals surface area contributed by atoms with E-state index < -0.39 is 41.0 Å². The first-order valence-electron chi connectivity index (χ1n) is 9.40. The first-order valence-corrected chi connectivity index (χ1v) is 9.77. The molecule has 5 nitrogen and oxygen atoms in total. The summed E-state index contributed by atoms with van der Waals surface area (Å²) in [6.07, 6.45) is 0.108. The first kappa shape index (κ1) is 22.7. The maximum absolute atomic E-state index is 15.0. The van der Waals surface area contributed by atoms with Gasteiger partial charge < -0.3 is 10.2 Å². The number of phenolic OH excluding ortho intramolecular Hbond substituents is 1. The van der Waals surface area contributed by atoms with Crippen LogP contribution in [0.3, 0.4) is 0 Å². The van der Waals surface area contributed by atoms with Crippen LogP contribution in [0.5, 0.6) is 5.75 Å². The van der Waals surface area contributed by atoms with Crippen molar-refractivity contribution >= 4 is 34.4 Å². The van der Waals surface area contributed by atoms with Crippen LogP contribution in [-0.4, -0.2) is 26.7 Å². The number of aromatic hydroxyl groups is 1. The highest BCUT2D eigenvalue weighted by atomic mass is 35.5. The number of carbonyl (C=O) groups excluding carboxylic acids is 1. The third-order valence-corrected chi connectivity index (χ3v) is 5.44. The van der Waals surface area contributed by atoms with E-state index in [1.807, 2.05) is 0 Å². The topological polar surface area (TPSA) is 79.5 Å². The van der Waals surface area contributed by atoms with Gasteiger partial charge in [0.25, 0.3) is 5.91 Å². The van der Waals surface area contributed by atoms with Crippen molar-refractivity contribution in [2.24, 2.45) is 5.92 Å². The molecule has 0 aliphatic carbocycles. The summed E-state index contributed by atoms with van der Waals surface area (Å²) < 4.78 is 44.0. The SMILES string of the molecule is Cc1c([C@H](CC(C)C)C(=O)O)c2c(F)c(O)c(F)cc2n1C(=O)c1ccc(Cl)c(F)c1. The minimum atomic E-state index is -1.36. The number of aliphatic carboxylic acids is 1. The number of benzene rings is 2. The fourth-order valence-electron chi connectivity index (χ4n) is 3.77. The fourth-order valence-corrected chi connectivity index (χ4v) is 3.89. The van der Waals surface area contributed by atoms with Crippen molar-refractivity contribution in [1.29, 1.82) is 0 Å². The van der Waals surface area contributed by atoms with Gasteiger partial charge in [0.2, 0.25) is 0 Å². The van der Waals surface area contributed by atoms with E-state index in [2.05, 4.69) is 0 Å². The number of fused-ring (bicyclic) bond motifs is 1. The summed E-state index contributed by atoms with van der Waals surface area (Å²) in [5.41, 5.74) is -0.423. The van der Waals surface area contributed by atoms with Gasteiger partial charge in [-0.2, -0.15) is 0 Å². The van der Waals surface area contributed by atoms with Gasteiger partial charge in [-0.1, -0.05) is 25.4 Å². The van der Waals surface area contributed by atoms with Gasteiger partial charge in [0.05, 0.1) is 16.5 Å². The first-order chi connectivity index (χ1) is 14.5. The predicted octanol–water partition coefficient (Wildman–Crippen LogP) is 5.63. The van der Waals surface area contributed by atoms with E-state index in [0.29, 0.717) is 0 Å². The van der Waals surface area contributed by atoms with Crippen molar-refractivity contribution in [3.63, 3.8) is 0 Å². The second-order valence-electron chi connectivity index (χ2n) is 7.70. The molecule has 31 heavy (non-hydrogen) atoms. The van der Waals surface area contributed by atoms with Crippen molar-refractivity contribution in [2.45, 2.75) is 33.1 Å². The van der Waals surface area contributed by atoms with Crippen LogP contribution in [0.25, 0.3) is 10.9 Å². The highest BCUT2D eigenvalue weighted by Gasteiger charge is 2.33. The molecule has 2 aromatic carbocycles. The number of hydrogen-bond donors (Lipinski definition) is 2. The highest BCUT2D eigenvalue weighted by molar-refractivity contribution is 6.30. The van der Waals surface area contributed by atoms with Crippen molar-refractivity contribution in [3.05, 3.63) is 63.6 Å². The number of carboxylic acid groups (broad SMARTS) is 1. The Morgan fingerprint density at radius 1 is 1.13 bits per heavy atom. The molecule has 0 aliphatic heterocycles. The number of phenols is 1. The molecule has 1 atom stereocenters. The molecule has 1 aromatic heterocycles. The molecule has 0 amide bonds. The number of nitrogens with zero attached hydrogens (tertiary/aromatic N) is 1. The Labute approximate surface area is 180 Å². The average Bonchev–Trinajstić information content (AvgIpc) is 2.97. The Balaban J connectivity index is 2.39. The van der Waals surface area contributed by atoms with Gasteiger partial charge in [0.1, 0.15) is 5.82 Å². The van der Waals surface area contributed by atoms with Crippen LogP contribution in [0.1, 0.15) is 47.8 Å². The lowest BCUT2D eigenvalue weighted by molar-refractivity contribution is -0.139. The maximum Gasteiger partial charge on any atom is 0.311 e. The molecule has 3 rings (SSSR count). The molecule has 9 heteroatoms. The molecule has 0 fully saturated rings. The molecule has 1 heterocycles. The van der Waals surface area contributed by atoms with E-state index >= 15 is 0 Å². The molecule has 0 unspecified atom stereocenters. The minimum absolute atomic E-state index is 0.0484. The van der Waals surface area contributed by atoms with Crippen molar-refractivity contribution in [1.82, 2.24) is 4.57 Å². The summed E-state index contributed by atoms with van der Waals surface area (Å²) in [6, 6.07) is 4.04. The molecule has 0 aliphatic rings. The Bertz CT molecular complexity index is 1220. The van der Waals surface area contributed by atoms with Crippen LogP contribution in [-0.2, 0) is 4.79 Å². The third kappa shape index (κ3) is 3.87. The summed E-state index contributed by atoms with van der Waals surface area (Å²) in [5.74, 6) is -8.23. The second-order valence-corrected chi connectivity index (χ2v) is 8.11. The normalized spacial score (nSPS) is 12.5. The highest BCUT2D eigenvalue weighted by Crippen LogP contribution is 2.40. The van der Waals surface area contributed by atoms with E-state index in [9.17, 15) is 33.0 Å². The van der Waals surface area contributed by atoms with E-state index in [1.165, 1.54) is 13.0 Å². The van der Waals surface area contributed by atoms with E-state index in [0.717, 1.165) is 22.8 Å². The number of carboxylic acids is 1. The average molecular weight is 454 g/mol. The summed E-state index contributed by atoms with van der Waals surface area (Å²) in [6.45, 7) is 4.95. The fraction of sp³-hybridized carbons (Fsp3) is 0.273. The van der Waals surface area contributed by atoms with E-state index in [-0.39, 0.29) is 45.1 Å². The maximum atomic E-state index is 15.0. The molecular weight excluding hydrogens is 435 g/mol. The van der Waals surface area contributed by atoms with E-state index in [1.54, 1.807) is 13.8 Å². The summed E-state index contributed by atoms with van der Waals surface area (Å²) in [7, 11) is 0. The van der Waals surface area contributed by atoms with Gasteiger partial charge in [-0.15, -0.1) is 0 Å². The molecule has 0 bridgehead atoms. The Kier molecular flexibility index (Phi) is 6.04. The quantitative estimate of drug-likeness (QED) is 0.524. The van der Waals surface area contributed by atoms with Crippen molar-refractivity contribution < 1.29 is 33.0 Å². The zero-order chi connectivity index (χ0) is 23.2. The lowest BCUT2D eigenvalue weighted by atomic mass is 9.88. The molecule has 2 N–H and O–H groups in total. The van der Waals surface area contributed by atoms with Gasteiger partial charge in [-0.25, -0.2) is 13.2 Å². The largest absolute Gasteiger partial charge is 0.503 e. The predicted molar refractivity (Wildman–Crippen MR) is 109 cm³/mol. The number of aromatic nitrogens is 1. The summed E-state index contributed by atoms with van der Waals surface area (Å²) in [4.78, 5) is 25.2. The molecule has 0 spiro atoms. The van der Waals surface area contributed by atoms with Gasteiger partial charge in [-0.05, 0) is 43.0 Å². The van der Waals surface area contributed by atoms with Gasteiger partial charge in [-0.3, -0.25) is 14.2 Å². The molecular formula is C22H19ClF3NO4. The minimum Gasteiger partial charge on any atom is -0.503 e. The Morgan fingerprint density at radius 3 is 2.32 bits per heavy atom. The van der Waals surface area contributed by atoms with Crippen LogP contribution < -0.4 is 0 Å². The lowest BCUT2D eigenvalue weighted by Crippen LogP contribution is -2.17. The number of rotatable bonds is 5.